The molecular weight excluding hydrogens is 174 g/mol. The van der Waals surface area contributed by atoms with Crippen LogP contribution in [0.15, 0.2) is 0 Å². The molecule has 1 heterocycles. The number of aldehydes is 1. The van der Waals surface area contributed by atoms with Crippen molar-refractivity contribution < 1.29 is 19.3 Å². The Morgan fingerprint density at radius 3 is 3.00 bits per heavy atom. The minimum Gasteiger partial charge on any atom is -0.303 e. The van der Waals surface area contributed by atoms with E-state index >= 15 is 0 Å². The zero-order valence-corrected chi connectivity index (χ0v) is 7.36. The van der Waals surface area contributed by atoms with Crippen LogP contribution in [0.4, 0.5) is 0 Å². The van der Waals surface area contributed by atoms with Crippen molar-refractivity contribution in [2.24, 2.45) is 0 Å². The molecule has 2 atom stereocenters. The highest BCUT2D eigenvalue weighted by atomic mass is 17.3. The summed E-state index contributed by atoms with van der Waals surface area (Å²) in [6.07, 6.45) is 1.98. The van der Waals surface area contributed by atoms with E-state index < -0.39 is 12.1 Å². The molecule has 0 spiro atoms. The van der Waals surface area contributed by atoms with E-state index in [4.69, 9.17) is 14.9 Å². The summed E-state index contributed by atoms with van der Waals surface area (Å²) in [4.78, 5) is 19.4. The quantitative estimate of drug-likeness (QED) is 0.369. The highest BCUT2D eigenvalue weighted by Gasteiger charge is 2.39. The van der Waals surface area contributed by atoms with Crippen molar-refractivity contribution in [1.29, 1.82) is 5.26 Å². The zero-order chi connectivity index (χ0) is 9.73. The fourth-order valence-electron chi connectivity index (χ4n) is 0.955. The number of nitriles is 1. The standard InChI is InChI=1S/C8H11NO4/c1-8(6-9)11-7(12-13-8)4-2-3-5-10/h5,7H,2-4H2,1H3/t7-,8+/m0/s1. The van der Waals surface area contributed by atoms with Gasteiger partial charge in [-0.3, -0.25) is 0 Å². The van der Waals surface area contributed by atoms with Crippen molar-refractivity contribution in [3.05, 3.63) is 0 Å². The molecule has 0 aromatic carbocycles. The molecule has 0 bridgehead atoms. The van der Waals surface area contributed by atoms with Crippen molar-refractivity contribution in [2.75, 3.05) is 0 Å². The van der Waals surface area contributed by atoms with E-state index in [0.29, 0.717) is 19.3 Å². The number of ether oxygens (including phenoxy) is 1. The van der Waals surface area contributed by atoms with Gasteiger partial charge in [-0.1, -0.05) is 0 Å². The van der Waals surface area contributed by atoms with Gasteiger partial charge in [-0.25, -0.2) is 4.89 Å². The Morgan fingerprint density at radius 2 is 2.46 bits per heavy atom. The van der Waals surface area contributed by atoms with Gasteiger partial charge in [0.2, 0.25) is 0 Å². The van der Waals surface area contributed by atoms with Gasteiger partial charge in [0.15, 0.2) is 6.29 Å². The molecule has 0 amide bonds. The van der Waals surface area contributed by atoms with Crippen LogP contribution in [0.1, 0.15) is 26.2 Å². The first-order chi connectivity index (χ1) is 6.20. The van der Waals surface area contributed by atoms with Crippen LogP contribution >= 0.6 is 0 Å². The third kappa shape index (κ3) is 2.77. The second-order valence-electron chi connectivity index (χ2n) is 2.88. The lowest BCUT2D eigenvalue weighted by molar-refractivity contribution is -0.311. The number of carbonyl (C=O) groups is 1. The van der Waals surface area contributed by atoms with E-state index in [1.165, 1.54) is 6.92 Å². The number of hydrogen-bond donors (Lipinski definition) is 0. The van der Waals surface area contributed by atoms with Crippen LogP contribution in [0, 0.1) is 11.3 Å². The summed E-state index contributed by atoms with van der Waals surface area (Å²) in [7, 11) is 0. The van der Waals surface area contributed by atoms with Crippen molar-refractivity contribution in [3.63, 3.8) is 0 Å². The Bertz CT molecular complexity index is 225. The number of rotatable bonds is 4. The Kier molecular flexibility index (Phi) is 3.37. The van der Waals surface area contributed by atoms with E-state index in [-0.39, 0.29) is 0 Å². The monoisotopic (exact) mass is 185 g/mol. The fraction of sp³-hybridized carbons (Fsp3) is 0.750. The van der Waals surface area contributed by atoms with Gasteiger partial charge in [0, 0.05) is 19.8 Å². The third-order valence-corrected chi connectivity index (χ3v) is 1.64. The molecular formula is C8H11NO4. The van der Waals surface area contributed by atoms with Crippen molar-refractivity contribution in [1.82, 2.24) is 0 Å². The third-order valence-electron chi connectivity index (χ3n) is 1.64. The number of hydrogen-bond acceptors (Lipinski definition) is 5. The summed E-state index contributed by atoms with van der Waals surface area (Å²) >= 11 is 0. The Hall–Kier alpha value is -0.960. The predicted molar refractivity (Wildman–Crippen MR) is 41.0 cm³/mol. The summed E-state index contributed by atoms with van der Waals surface area (Å²) in [5, 5.41) is 8.58. The van der Waals surface area contributed by atoms with Crippen LogP contribution in [-0.4, -0.2) is 18.4 Å². The average molecular weight is 185 g/mol. The molecule has 0 aromatic rings. The van der Waals surface area contributed by atoms with Gasteiger partial charge in [-0.05, 0) is 6.42 Å². The molecule has 72 valence electrons. The van der Waals surface area contributed by atoms with Gasteiger partial charge in [0.25, 0.3) is 5.79 Å². The molecule has 1 fully saturated rings. The Labute approximate surface area is 76.1 Å². The maximum absolute atomic E-state index is 10.00. The normalized spacial score (nSPS) is 32.8. The molecule has 0 radical (unpaired) electrons. The van der Waals surface area contributed by atoms with Gasteiger partial charge in [-0.2, -0.15) is 10.1 Å². The van der Waals surface area contributed by atoms with Gasteiger partial charge < -0.3 is 9.53 Å². The average Bonchev–Trinajstić information content (AvgIpc) is 2.50. The topological polar surface area (TPSA) is 68.5 Å². The molecule has 1 aliphatic rings. The first-order valence-corrected chi connectivity index (χ1v) is 4.07. The van der Waals surface area contributed by atoms with Crippen molar-refractivity contribution >= 4 is 6.29 Å². The minimum absolute atomic E-state index is 0.465. The Balaban J connectivity index is 2.26. The maximum Gasteiger partial charge on any atom is 0.288 e. The molecule has 1 aliphatic heterocycles. The SMILES string of the molecule is C[C@]1(C#N)OO[C@@H](CCCC=O)O1. The van der Waals surface area contributed by atoms with Crippen molar-refractivity contribution in [2.45, 2.75) is 38.3 Å². The highest BCUT2D eigenvalue weighted by molar-refractivity contribution is 5.48. The Morgan fingerprint density at radius 1 is 1.69 bits per heavy atom. The summed E-state index contributed by atoms with van der Waals surface area (Å²) in [5.41, 5.74) is 0. The maximum atomic E-state index is 10.00. The first kappa shape index (κ1) is 10.1. The van der Waals surface area contributed by atoms with E-state index in [9.17, 15) is 4.79 Å². The summed E-state index contributed by atoms with van der Waals surface area (Å²) in [6.45, 7) is 1.48. The smallest absolute Gasteiger partial charge is 0.288 e. The molecule has 0 unspecified atom stereocenters. The molecule has 0 N–H and O–H groups in total. The molecule has 0 saturated carbocycles. The van der Waals surface area contributed by atoms with Gasteiger partial charge in [0.05, 0.1) is 0 Å². The van der Waals surface area contributed by atoms with Crippen LogP contribution in [0.3, 0.4) is 0 Å². The van der Waals surface area contributed by atoms with E-state index in [1.807, 2.05) is 6.07 Å². The second-order valence-corrected chi connectivity index (χ2v) is 2.88. The fourth-order valence-corrected chi connectivity index (χ4v) is 0.955. The second kappa shape index (κ2) is 4.33. The van der Waals surface area contributed by atoms with Crippen LogP contribution in [0.2, 0.25) is 0 Å². The zero-order valence-electron chi connectivity index (χ0n) is 7.36. The van der Waals surface area contributed by atoms with E-state index in [2.05, 4.69) is 4.89 Å². The van der Waals surface area contributed by atoms with E-state index in [0.717, 1.165) is 6.29 Å². The largest absolute Gasteiger partial charge is 0.303 e. The molecule has 1 rings (SSSR count). The first-order valence-electron chi connectivity index (χ1n) is 4.07. The molecule has 5 nitrogen and oxygen atoms in total. The molecule has 0 aromatic heterocycles. The lowest BCUT2D eigenvalue weighted by Crippen LogP contribution is -2.23. The molecule has 0 aliphatic carbocycles. The predicted octanol–water partition coefficient (Wildman–Crippen LogP) is 0.900. The van der Waals surface area contributed by atoms with Crippen molar-refractivity contribution in [3.8, 4) is 6.07 Å². The van der Waals surface area contributed by atoms with Crippen LogP contribution in [0.25, 0.3) is 0 Å². The van der Waals surface area contributed by atoms with Crippen LogP contribution < -0.4 is 0 Å². The van der Waals surface area contributed by atoms with E-state index in [1.54, 1.807) is 0 Å². The van der Waals surface area contributed by atoms with Crippen LogP contribution in [-0.2, 0) is 19.3 Å². The number of carbonyl (C=O) groups excluding carboxylic acids is 1. The number of unbranched alkanes of at least 4 members (excludes halogenated alkanes) is 1. The molecule has 5 heteroatoms. The molecule has 13 heavy (non-hydrogen) atoms. The molecule has 1 saturated heterocycles. The highest BCUT2D eigenvalue weighted by Crippen LogP contribution is 2.26. The summed E-state index contributed by atoms with van der Waals surface area (Å²) in [6, 6.07) is 1.82. The summed E-state index contributed by atoms with van der Waals surface area (Å²) < 4.78 is 5.12. The van der Waals surface area contributed by atoms with Crippen LogP contribution in [0.5, 0.6) is 0 Å². The van der Waals surface area contributed by atoms with Gasteiger partial charge in [0.1, 0.15) is 12.4 Å². The summed E-state index contributed by atoms with van der Waals surface area (Å²) in [5.74, 6) is -1.30. The lowest BCUT2D eigenvalue weighted by Gasteiger charge is -2.08. The number of nitrogens with zero attached hydrogens (tertiary/aromatic N) is 1. The van der Waals surface area contributed by atoms with Gasteiger partial charge >= 0.3 is 0 Å². The lowest BCUT2D eigenvalue weighted by atomic mass is 10.2. The van der Waals surface area contributed by atoms with Gasteiger partial charge in [-0.15, -0.1) is 0 Å². The minimum atomic E-state index is -1.30.